The zero-order valence-corrected chi connectivity index (χ0v) is 16.5. The summed E-state index contributed by atoms with van der Waals surface area (Å²) in [5.41, 5.74) is 1.35. The molecule has 148 valence electrons. The maximum atomic E-state index is 12.5. The van der Waals surface area contributed by atoms with Crippen molar-refractivity contribution in [2.45, 2.75) is 19.8 Å². The maximum absolute atomic E-state index is 12.5. The number of hydrogen-bond donors (Lipinski definition) is 1. The van der Waals surface area contributed by atoms with E-state index in [2.05, 4.69) is 5.32 Å². The number of hydrogen-bond acceptors (Lipinski definition) is 5. The third-order valence-corrected chi connectivity index (χ3v) is 4.57. The van der Waals surface area contributed by atoms with Crippen LogP contribution in [0, 0.1) is 5.92 Å². The number of esters is 1. The summed E-state index contributed by atoms with van der Waals surface area (Å²) in [6.45, 7) is 4.44. The van der Waals surface area contributed by atoms with Gasteiger partial charge in [-0.15, -0.1) is 0 Å². The summed E-state index contributed by atoms with van der Waals surface area (Å²) in [5, 5.41) is 3.29. The van der Waals surface area contributed by atoms with Crippen molar-refractivity contribution < 1.29 is 23.8 Å². The highest BCUT2D eigenvalue weighted by Crippen LogP contribution is 2.32. The quantitative estimate of drug-likeness (QED) is 0.737. The van der Waals surface area contributed by atoms with E-state index in [0.717, 1.165) is 5.56 Å². The summed E-state index contributed by atoms with van der Waals surface area (Å²) < 4.78 is 16.2. The molecule has 1 N–H and O–H groups in total. The van der Waals surface area contributed by atoms with Gasteiger partial charge < -0.3 is 19.5 Å². The molecule has 2 aromatic carbocycles. The number of carbonyl (C=O) groups is 2. The van der Waals surface area contributed by atoms with Crippen LogP contribution in [0.1, 0.15) is 25.3 Å². The summed E-state index contributed by atoms with van der Waals surface area (Å²) in [6, 6.07) is 12.2. The Hall–Kier alpha value is -2.73. The molecule has 1 aliphatic rings. The average Bonchev–Trinajstić information content (AvgIpc) is 2.68. The van der Waals surface area contributed by atoms with Crippen molar-refractivity contribution >= 4 is 29.2 Å². The lowest BCUT2D eigenvalue weighted by Crippen LogP contribution is -2.26. The first-order valence-electron chi connectivity index (χ1n) is 9.05. The van der Waals surface area contributed by atoms with Crippen molar-refractivity contribution in [3.05, 3.63) is 53.1 Å². The summed E-state index contributed by atoms with van der Waals surface area (Å²) in [7, 11) is 0. The van der Waals surface area contributed by atoms with Gasteiger partial charge in [0, 0.05) is 16.8 Å². The van der Waals surface area contributed by atoms with Crippen molar-refractivity contribution in [3.8, 4) is 11.5 Å². The Morgan fingerprint density at radius 1 is 1.07 bits per heavy atom. The molecule has 7 heteroatoms. The largest absolute Gasteiger partial charge is 0.486 e. The van der Waals surface area contributed by atoms with Crippen LogP contribution in [0.2, 0.25) is 5.02 Å². The molecule has 0 spiro atoms. The van der Waals surface area contributed by atoms with Crippen LogP contribution in [0.15, 0.2) is 42.5 Å². The van der Waals surface area contributed by atoms with E-state index in [9.17, 15) is 9.59 Å². The van der Waals surface area contributed by atoms with E-state index in [1.165, 1.54) is 0 Å². The average molecular weight is 404 g/mol. The highest BCUT2D eigenvalue weighted by molar-refractivity contribution is 6.30. The van der Waals surface area contributed by atoms with E-state index >= 15 is 0 Å². The number of fused-ring (bicyclic) bond motifs is 1. The van der Waals surface area contributed by atoms with Crippen molar-refractivity contribution in [1.29, 1.82) is 0 Å². The number of carbonyl (C=O) groups excluding carboxylic acids is 2. The van der Waals surface area contributed by atoms with E-state index in [1.54, 1.807) is 42.5 Å². The summed E-state index contributed by atoms with van der Waals surface area (Å²) in [4.78, 5) is 24.7. The third kappa shape index (κ3) is 4.95. The van der Waals surface area contributed by atoms with Crippen LogP contribution < -0.4 is 14.8 Å². The van der Waals surface area contributed by atoms with Crippen LogP contribution in [0.4, 0.5) is 5.69 Å². The van der Waals surface area contributed by atoms with Gasteiger partial charge in [0.2, 0.25) is 0 Å². The predicted octanol–water partition coefficient (Wildman–Crippen LogP) is 4.03. The molecule has 0 unspecified atom stereocenters. The third-order valence-electron chi connectivity index (χ3n) is 4.32. The Balaban J connectivity index is 1.58. The van der Waals surface area contributed by atoms with Crippen molar-refractivity contribution in [2.24, 2.45) is 5.92 Å². The summed E-state index contributed by atoms with van der Waals surface area (Å²) in [6.07, 6.45) is 0. The van der Waals surface area contributed by atoms with Gasteiger partial charge in [0.15, 0.2) is 18.1 Å². The van der Waals surface area contributed by atoms with Crippen LogP contribution in [0.3, 0.4) is 0 Å². The second kappa shape index (κ2) is 8.97. The normalized spacial score (nSPS) is 13.7. The lowest BCUT2D eigenvalue weighted by atomic mass is 9.88. The molecule has 2 aromatic rings. The van der Waals surface area contributed by atoms with Crippen molar-refractivity contribution in [1.82, 2.24) is 0 Å². The molecule has 0 saturated carbocycles. The minimum Gasteiger partial charge on any atom is -0.486 e. The Kier molecular flexibility index (Phi) is 6.41. The predicted molar refractivity (Wildman–Crippen MR) is 106 cm³/mol. The molecule has 1 heterocycles. The molecule has 0 radical (unpaired) electrons. The first-order valence-corrected chi connectivity index (χ1v) is 9.43. The van der Waals surface area contributed by atoms with Gasteiger partial charge in [-0.05, 0) is 35.7 Å². The molecule has 28 heavy (non-hydrogen) atoms. The number of benzene rings is 2. The fourth-order valence-electron chi connectivity index (χ4n) is 3.01. The van der Waals surface area contributed by atoms with Crippen molar-refractivity contribution in [3.63, 3.8) is 0 Å². The fourth-order valence-corrected chi connectivity index (χ4v) is 3.13. The first-order chi connectivity index (χ1) is 13.4. The smallest absolute Gasteiger partial charge is 0.314 e. The van der Waals surface area contributed by atoms with Crippen molar-refractivity contribution in [2.75, 3.05) is 25.1 Å². The van der Waals surface area contributed by atoms with Crippen LogP contribution in [0.25, 0.3) is 0 Å². The summed E-state index contributed by atoms with van der Waals surface area (Å²) in [5.74, 6) is -0.130. The number of ether oxygens (including phenoxy) is 3. The molecule has 0 bridgehead atoms. The van der Waals surface area contributed by atoms with Gasteiger partial charge in [-0.2, -0.15) is 0 Å². The molecule has 1 amide bonds. The number of halogens is 1. The second-order valence-electron chi connectivity index (χ2n) is 6.79. The van der Waals surface area contributed by atoms with E-state index in [1.807, 2.05) is 13.8 Å². The molecular formula is C21H22ClNO5. The Morgan fingerprint density at radius 3 is 2.43 bits per heavy atom. The number of amides is 1. The molecule has 0 saturated heterocycles. The maximum Gasteiger partial charge on any atom is 0.314 e. The number of nitrogens with one attached hydrogen (secondary N) is 1. The van der Waals surface area contributed by atoms with Crippen LogP contribution in [-0.4, -0.2) is 31.7 Å². The minimum atomic E-state index is -0.473. The van der Waals surface area contributed by atoms with E-state index in [4.69, 9.17) is 25.8 Å². The molecule has 0 aromatic heterocycles. The molecule has 3 rings (SSSR count). The van der Waals surface area contributed by atoms with Crippen LogP contribution in [-0.2, 0) is 14.3 Å². The summed E-state index contributed by atoms with van der Waals surface area (Å²) >= 11 is 5.91. The SMILES string of the molecule is CC(C)[C@@H](C(=O)OCC(=O)Nc1ccc2c(c1)OCCO2)c1ccc(Cl)cc1. The van der Waals surface area contributed by atoms with Gasteiger partial charge in [-0.1, -0.05) is 37.6 Å². The van der Waals surface area contributed by atoms with E-state index in [0.29, 0.717) is 35.4 Å². The molecule has 0 aliphatic carbocycles. The van der Waals surface area contributed by atoms with Crippen LogP contribution >= 0.6 is 11.6 Å². The Morgan fingerprint density at radius 2 is 1.75 bits per heavy atom. The van der Waals surface area contributed by atoms with E-state index < -0.39 is 17.8 Å². The lowest BCUT2D eigenvalue weighted by Gasteiger charge is -2.20. The molecule has 6 nitrogen and oxygen atoms in total. The van der Waals surface area contributed by atoms with Gasteiger partial charge in [0.25, 0.3) is 5.91 Å². The standard InChI is InChI=1S/C21H22ClNO5/c1-13(2)20(14-3-5-15(22)6-4-14)21(25)28-12-19(24)23-16-7-8-17-18(11-16)27-10-9-26-17/h3-8,11,13,20H,9-10,12H2,1-2H3,(H,23,24)/t20-/m1/s1. The van der Waals surface area contributed by atoms with E-state index in [-0.39, 0.29) is 12.5 Å². The van der Waals surface area contributed by atoms with Gasteiger partial charge in [0.05, 0.1) is 5.92 Å². The highest BCUT2D eigenvalue weighted by Gasteiger charge is 2.26. The second-order valence-corrected chi connectivity index (χ2v) is 7.22. The molecule has 0 fully saturated rings. The van der Waals surface area contributed by atoms with Gasteiger partial charge in [-0.25, -0.2) is 0 Å². The van der Waals surface area contributed by atoms with Gasteiger partial charge in [-0.3, -0.25) is 9.59 Å². The zero-order valence-electron chi connectivity index (χ0n) is 15.7. The first kappa shape index (κ1) is 20.0. The number of anilines is 1. The molecule has 1 atom stereocenters. The molecular weight excluding hydrogens is 382 g/mol. The number of rotatable bonds is 6. The van der Waals surface area contributed by atoms with Gasteiger partial charge >= 0.3 is 5.97 Å². The molecule has 1 aliphatic heterocycles. The van der Waals surface area contributed by atoms with Gasteiger partial charge in [0.1, 0.15) is 13.2 Å². The minimum absolute atomic E-state index is 0.00883. The zero-order chi connectivity index (χ0) is 20.1. The fraction of sp³-hybridized carbons (Fsp3) is 0.333. The Bertz CT molecular complexity index is 850. The Labute approximate surface area is 168 Å². The lowest BCUT2D eigenvalue weighted by molar-refractivity contribution is -0.149. The highest BCUT2D eigenvalue weighted by atomic mass is 35.5. The monoisotopic (exact) mass is 403 g/mol. The van der Waals surface area contributed by atoms with Crippen LogP contribution in [0.5, 0.6) is 11.5 Å². The topological polar surface area (TPSA) is 73.9 Å².